The molecule has 0 aliphatic carbocycles. The van der Waals surface area contributed by atoms with E-state index in [1.54, 1.807) is 6.92 Å². The maximum Gasteiger partial charge on any atom is 0.219 e. The third-order valence-electron chi connectivity index (χ3n) is 5.75. The predicted octanol–water partition coefficient (Wildman–Crippen LogP) is 2.99. The molecule has 4 nitrogen and oxygen atoms in total. The lowest BCUT2D eigenvalue weighted by Gasteiger charge is -2.22. The molecule has 0 unspecified atom stereocenters. The number of carbonyl (C=O) groups is 2. The molecule has 2 aliphatic rings. The van der Waals surface area contributed by atoms with Crippen LogP contribution in [0.1, 0.15) is 60.5 Å². The van der Waals surface area contributed by atoms with E-state index in [0.29, 0.717) is 6.42 Å². The SMILES string of the molecule is CC(=O)N1CCc2ccc(C(=O)CCCC3CCNCC3)cc2CC1. The van der Waals surface area contributed by atoms with E-state index in [4.69, 9.17) is 0 Å². The fourth-order valence-corrected chi connectivity index (χ4v) is 4.08. The topological polar surface area (TPSA) is 49.4 Å². The normalized spacial score (nSPS) is 18.5. The molecule has 2 aliphatic heterocycles. The van der Waals surface area contributed by atoms with Gasteiger partial charge in [-0.25, -0.2) is 0 Å². The van der Waals surface area contributed by atoms with E-state index in [1.807, 2.05) is 11.0 Å². The van der Waals surface area contributed by atoms with Crippen molar-refractivity contribution in [1.82, 2.24) is 10.2 Å². The van der Waals surface area contributed by atoms with E-state index in [9.17, 15) is 9.59 Å². The number of hydrogen-bond acceptors (Lipinski definition) is 3. The van der Waals surface area contributed by atoms with Gasteiger partial charge < -0.3 is 10.2 Å². The first kappa shape index (κ1) is 18.1. The highest BCUT2D eigenvalue weighted by atomic mass is 16.2. The summed E-state index contributed by atoms with van der Waals surface area (Å²) in [7, 11) is 0. The van der Waals surface area contributed by atoms with E-state index >= 15 is 0 Å². The zero-order valence-corrected chi connectivity index (χ0v) is 15.4. The van der Waals surface area contributed by atoms with Crippen molar-refractivity contribution in [2.75, 3.05) is 26.2 Å². The van der Waals surface area contributed by atoms with Gasteiger partial charge in [-0.3, -0.25) is 9.59 Å². The minimum atomic E-state index is 0.141. The Morgan fingerprint density at radius 2 is 1.84 bits per heavy atom. The van der Waals surface area contributed by atoms with E-state index in [2.05, 4.69) is 17.4 Å². The molecule has 0 atom stereocenters. The van der Waals surface area contributed by atoms with Crippen molar-refractivity contribution in [3.8, 4) is 0 Å². The van der Waals surface area contributed by atoms with Crippen molar-refractivity contribution in [2.45, 2.75) is 51.9 Å². The molecule has 1 aromatic carbocycles. The zero-order chi connectivity index (χ0) is 17.6. The number of ketones is 1. The van der Waals surface area contributed by atoms with Crippen LogP contribution in [0.5, 0.6) is 0 Å². The standard InChI is InChI=1S/C21H30N2O2/c1-16(24)23-13-9-18-5-6-20(15-19(18)10-14-23)21(25)4-2-3-17-7-11-22-12-8-17/h5-6,15,17,22H,2-4,7-14H2,1H3. The fourth-order valence-electron chi connectivity index (χ4n) is 4.08. The van der Waals surface area contributed by atoms with Crippen LogP contribution in [-0.2, 0) is 17.6 Å². The van der Waals surface area contributed by atoms with Gasteiger partial charge in [0.1, 0.15) is 0 Å². The molecular weight excluding hydrogens is 312 g/mol. The molecule has 3 rings (SSSR count). The van der Waals surface area contributed by atoms with Crippen LogP contribution in [0.25, 0.3) is 0 Å². The van der Waals surface area contributed by atoms with Gasteiger partial charge in [0.15, 0.2) is 5.78 Å². The van der Waals surface area contributed by atoms with Crippen molar-refractivity contribution in [3.63, 3.8) is 0 Å². The molecule has 1 N–H and O–H groups in total. The Labute approximate surface area is 151 Å². The minimum Gasteiger partial charge on any atom is -0.342 e. The van der Waals surface area contributed by atoms with Crippen molar-refractivity contribution >= 4 is 11.7 Å². The molecule has 4 heteroatoms. The van der Waals surface area contributed by atoms with Crippen molar-refractivity contribution in [1.29, 1.82) is 0 Å². The lowest BCUT2D eigenvalue weighted by atomic mass is 9.91. The Kier molecular flexibility index (Phi) is 6.24. The largest absolute Gasteiger partial charge is 0.342 e. The van der Waals surface area contributed by atoms with Gasteiger partial charge in [-0.05, 0) is 74.7 Å². The number of fused-ring (bicyclic) bond motifs is 1. The average Bonchev–Trinajstić information content (AvgIpc) is 2.84. The van der Waals surface area contributed by atoms with E-state index in [0.717, 1.165) is 56.9 Å². The molecule has 2 heterocycles. The molecule has 1 aromatic rings. The van der Waals surface area contributed by atoms with Gasteiger partial charge in [0.05, 0.1) is 0 Å². The van der Waals surface area contributed by atoms with E-state index < -0.39 is 0 Å². The van der Waals surface area contributed by atoms with Crippen LogP contribution >= 0.6 is 0 Å². The van der Waals surface area contributed by atoms with E-state index in [-0.39, 0.29) is 11.7 Å². The average molecular weight is 342 g/mol. The Morgan fingerprint density at radius 1 is 1.12 bits per heavy atom. The Hall–Kier alpha value is -1.68. The summed E-state index contributed by atoms with van der Waals surface area (Å²) in [5.41, 5.74) is 3.38. The maximum absolute atomic E-state index is 12.6. The third-order valence-corrected chi connectivity index (χ3v) is 5.75. The number of carbonyl (C=O) groups excluding carboxylic acids is 2. The quantitative estimate of drug-likeness (QED) is 0.837. The maximum atomic E-state index is 12.6. The summed E-state index contributed by atoms with van der Waals surface area (Å²) in [5, 5.41) is 3.39. The second-order valence-electron chi connectivity index (χ2n) is 7.50. The third kappa shape index (κ3) is 4.91. The van der Waals surface area contributed by atoms with Gasteiger partial charge in [0, 0.05) is 32.0 Å². The van der Waals surface area contributed by atoms with Gasteiger partial charge in [0.25, 0.3) is 0 Å². The minimum absolute atomic E-state index is 0.141. The lowest BCUT2D eigenvalue weighted by Crippen LogP contribution is -2.30. The first-order chi connectivity index (χ1) is 12.1. The number of Topliss-reactive ketones (excluding diaryl/α,β-unsaturated/α-hetero) is 1. The van der Waals surface area contributed by atoms with Crippen LogP contribution in [0, 0.1) is 5.92 Å². The molecule has 0 radical (unpaired) electrons. The van der Waals surface area contributed by atoms with Crippen molar-refractivity contribution in [3.05, 3.63) is 34.9 Å². The molecule has 0 saturated carbocycles. The summed E-state index contributed by atoms with van der Waals surface area (Å²) in [6.07, 6.45) is 7.07. The number of amides is 1. The number of nitrogens with zero attached hydrogens (tertiary/aromatic N) is 1. The monoisotopic (exact) mass is 342 g/mol. The lowest BCUT2D eigenvalue weighted by molar-refractivity contribution is -0.128. The smallest absolute Gasteiger partial charge is 0.219 e. The Balaban J connectivity index is 1.54. The van der Waals surface area contributed by atoms with Crippen LogP contribution in [0.4, 0.5) is 0 Å². The van der Waals surface area contributed by atoms with Gasteiger partial charge in [-0.15, -0.1) is 0 Å². The van der Waals surface area contributed by atoms with Gasteiger partial charge in [-0.2, -0.15) is 0 Å². The summed E-state index contributed by atoms with van der Waals surface area (Å²) >= 11 is 0. The molecule has 0 bridgehead atoms. The van der Waals surface area contributed by atoms with E-state index in [1.165, 1.54) is 30.4 Å². The summed E-state index contributed by atoms with van der Waals surface area (Å²) < 4.78 is 0. The van der Waals surface area contributed by atoms with Crippen LogP contribution in [0.3, 0.4) is 0 Å². The number of hydrogen-bond donors (Lipinski definition) is 1. The second-order valence-corrected chi connectivity index (χ2v) is 7.50. The number of rotatable bonds is 5. The fraction of sp³-hybridized carbons (Fsp3) is 0.619. The molecule has 0 aromatic heterocycles. The number of benzene rings is 1. The van der Waals surface area contributed by atoms with Gasteiger partial charge in [-0.1, -0.05) is 12.1 Å². The van der Waals surface area contributed by atoms with Crippen molar-refractivity contribution < 1.29 is 9.59 Å². The first-order valence-electron chi connectivity index (χ1n) is 9.74. The molecule has 1 saturated heterocycles. The summed E-state index contributed by atoms with van der Waals surface area (Å²) in [6, 6.07) is 6.15. The number of nitrogens with one attached hydrogen (secondary N) is 1. The van der Waals surface area contributed by atoms with Crippen LogP contribution < -0.4 is 5.32 Å². The molecule has 1 amide bonds. The van der Waals surface area contributed by atoms with Gasteiger partial charge >= 0.3 is 0 Å². The Morgan fingerprint density at radius 3 is 2.56 bits per heavy atom. The zero-order valence-electron chi connectivity index (χ0n) is 15.4. The van der Waals surface area contributed by atoms with Crippen LogP contribution in [-0.4, -0.2) is 42.8 Å². The molecular formula is C21H30N2O2. The summed E-state index contributed by atoms with van der Waals surface area (Å²) in [5.74, 6) is 1.20. The highest BCUT2D eigenvalue weighted by Gasteiger charge is 2.18. The molecule has 0 spiro atoms. The highest BCUT2D eigenvalue weighted by Crippen LogP contribution is 2.22. The van der Waals surface area contributed by atoms with Crippen LogP contribution in [0.15, 0.2) is 18.2 Å². The van der Waals surface area contributed by atoms with Crippen LogP contribution in [0.2, 0.25) is 0 Å². The predicted molar refractivity (Wildman–Crippen MR) is 99.9 cm³/mol. The number of piperidine rings is 1. The Bertz CT molecular complexity index is 620. The van der Waals surface area contributed by atoms with Crippen molar-refractivity contribution in [2.24, 2.45) is 5.92 Å². The highest BCUT2D eigenvalue weighted by molar-refractivity contribution is 5.96. The molecule has 136 valence electrons. The van der Waals surface area contributed by atoms with Gasteiger partial charge in [0.2, 0.25) is 5.91 Å². The summed E-state index contributed by atoms with van der Waals surface area (Å²) in [4.78, 5) is 26.1. The summed E-state index contributed by atoms with van der Waals surface area (Å²) in [6.45, 7) is 5.43. The first-order valence-corrected chi connectivity index (χ1v) is 9.74. The molecule has 25 heavy (non-hydrogen) atoms. The second kappa shape index (κ2) is 8.61. The molecule has 1 fully saturated rings.